The number of nitrogens with zero attached hydrogens (tertiary/aromatic N) is 1. The quantitative estimate of drug-likeness (QED) is 0.849. The van der Waals surface area contributed by atoms with Crippen LogP contribution >= 0.6 is 0 Å². The first-order chi connectivity index (χ1) is 13.1. The van der Waals surface area contributed by atoms with Gasteiger partial charge in [-0.15, -0.1) is 0 Å². The number of nitriles is 1. The Bertz CT molecular complexity index is 961. The standard InChI is InChI=1S/C23H28N2O3/c1-12-7-13(2)19(14(3)16(12)11-27-6)20-15(10-24)22(25)28-18-9-23(4,5)8-17(26)21(18)20/h7,20H,8-9,11,25H2,1-6H3/t20-/m0/s1. The van der Waals surface area contributed by atoms with Crippen molar-refractivity contribution in [2.24, 2.45) is 11.1 Å². The van der Waals surface area contributed by atoms with Crippen LogP contribution in [0.4, 0.5) is 0 Å². The molecule has 0 unspecified atom stereocenters. The van der Waals surface area contributed by atoms with Gasteiger partial charge in [0.05, 0.1) is 12.5 Å². The van der Waals surface area contributed by atoms with Crippen molar-refractivity contribution in [1.29, 1.82) is 5.26 Å². The van der Waals surface area contributed by atoms with Crippen molar-refractivity contribution in [3.05, 3.63) is 56.7 Å². The number of Topliss-reactive ketones (excluding diaryl/α,β-unsaturated/α-hetero) is 1. The van der Waals surface area contributed by atoms with Gasteiger partial charge in [0.1, 0.15) is 17.4 Å². The van der Waals surface area contributed by atoms with Crippen LogP contribution in [0, 0.1) is 37.5 Å². The van der Waals surface area contributed by atoms with E-state index in [9.17, 15) is 10.1 Å². The number of allylic oxidation sites excluding steroid dienone is 3. The fourth-order valence-electron chi connectivity index (χ4n) is 4.63. The first-order valence-corrected chi connectivity index (χ1v) is 9.53. The van der Waals surface area contributed by atoms with Crippen molar-refractivity contribution in [3.8, 4) is 6.07 Å². The van der Waals surface area contributed by atoms with Gasteiger partial charge in [0.25, 0.3) is 0 Å². The van der Waals surface area contributed by atoms with Crippen LogP contribution in [0.15, 0.2) is 28.9 Å². The number of ketones is 1. The normalized spacial score (nSPS) is 21.3. The van der Waals surface area contributed by atoms with E-state index in [0.29, 0.717) is 36.4 Å². The maximum absolute atomic E-state index is 13.2. The molecule has 148 valence electrons. The third-order valence-electron chi connectivity index (χ3n) is 5.84. The largest absolute Gasteiger partial charge is 0.444 e. The number of hydrogen-bond acceptors (Lipinski definition) is 5. The van der Waals surface area contributed by atoms with Crippen LogP contribution in [0.3, 0.4) is 0 Å². The molecule has 0 radical (unpaired) electrons. The summed E-state index contributed by atoms with van der Waals surface area (Å²) in [7, 11) is 1.67. The number of carbonyl (C=O) groups excluding carboxylic acids is 1. The fraction of sp³-hybridized carbons (Fsp3) is 0.478. The van der Waals surface area contributed by atoms with E-state index < -0.39 is 5.92 Å². The van der Waals surface area contributed by atoms with Crippen molar-refractivity contribution in [2.45, 2.75) is 60.0 Å². The summed E-state index contributed by atoms with van der Waals surface area (Å²) in [6.07, 6.45) is 1.05. The molecule has 1 atom stereocenters. The lowest BCUT2D eigenvalue weighted by atomic mass is 9.69. The molecular weight excluding hydrogens is 352 g/mol. The molecule has 2 aliphatic rings. The average Bonchev–Trinajstić information content (AvgIpc) is 2.56. The zero-order valence-electron chi connectivity index (χ0n) is 17.5. The molecule has 0 spiro atoms. The highest BCUT2D eigenvalue weighted by Crippen LogP contribution is 2.49. The van der Waals surface area contributed by atoms with E-state index in [1.54, 1.807) is 7.11 Å². The van der Waals surface area contributed by atoms with E-state index in [1.807, 2.05) is 27.7 Å². The molecule has 1 aromatic rings. The first kappa shape index (κ1) is 20.2. The van der Waals surface area contributed by atoms with Crippen molar-refractivity contribution < 1.29 is 14.3 Å². The van der Waals surface area contributed by atoms with E-state index >= 15 is 0 Å². The van der Waals surface area contributed by atoms with Crippen LogP contribution in [-0.2, 0) is 20.9 Å². The molecule has 5 nitrogen and oxygen atoms in total. The smallest absolute Gasteiger partial charge is 0.205 e. The lowest BCUT2D eigenvalue weighted by Gasteiger charge is -2.38. The van der Waals surface area contributed by atoms with Gasteiger partial charge in [-0.05, 0) is 54.0 Å². The summed E-state index contributed by atoms with van der Waals surface area (Å²) < 4.78 is 11.2. The summed E-state index contributed by atoms with van der Waals surface area (Å²) in [5, 5.41) is 9.85. The molecule has 0 saturated heterocycles. The minimum Gasteiger partial charge on any atom is -0.444 e. The predicted molar refractivity (Wildman–Crippen MR) is 107 cm³/mol. The molecule has 3 rings (SSSR count). The van der Waals surface area contributed by atoms with E-state index in [1.165, 1.54) is 0 Å². The fourth-order valence-corrected chi connectivity index (χ4v) is 4.63. The maximum Gasteiger partial charge on any atom is 0.205 e. The number of ether oxygens (including phenoxy) is 2. The van der Waals surface area contributed by atoms with Crippen molar-refractivity contribution in [3.63, 3.8) is 0 Å². The molecule has 1 heterocycles. The lowest BCUT2D eigenvalue weighted by molar-refractivity contribution is -0.119. The highest BCUT2D eigenvalue weighted by Gasteiger charge is 2.43. The Hall–Kier alpha value is -2.58. The van der Waals surface area contributed by atoms with Crippen LogP contribution in [0.5, 0.6) is 0 Å². The molecule has 0 aromatic heterocycles. The third-order valence-corrected chi connectivity index (χ3v) is 5.84. The summed E-state index contributed by atoms with van der Waals surface area (Å²) in [5.41, 5.74) is 12.1. The van der Waals surface area contributed by atoms with E-state index in [4.69, 9.17) is 15.2 Å². The van der Waals surface area contributed by atoms with Crippen molar-refractivity contribution in [2.75, 3.05) is 7.11 Å². The van der Waals surface area contributed by atoms with Gasteiger partial charge < -0.3 is 15.2 Å². The number of rotatable bonds is 3. The summed E-state index contributed by atoms with van der Waals surface area (Å²) in [4.78, 5) is 13.2. The summed E-state index contributed by atoms with van der Waals surface area (Å²) >= 11 is 0. The molecule has 0 saturated carbocycles. The molecule has 0 bridgehead atoms. The van der Waals surface area contributed by atoms with Crippen molar-refractivity contribution >= 4 is 5.78 Å². The number of aryl methyl sites for hydroxylation is 2. The van der Waals surface area contributed by atoms with E-state index in [2.05, 4.69) is 19.1 Å². The van der Waals surface area contributed by atoms with Crippen LogP contribution < -0.4 is 5.73 Å². The highest BCUT2D eigenvalue weighted by molar-refractivity contribution is 6.00. The van der Waals surface area contributed by atoms with E-state index in [0.717, 1.165) is 27.8 Å². The molecular formula is C23H28N2O3. The maximum atomic E-state index is 13.2. The number of hydrogen-bond donors (Lipinski definition) is 1. The predicted octanol–water partition coefficient (Wildman–Crippen LogP) is 4.21. The molecule has 2 N–H and O–H groups in total. The summed E-state index contributed by atoms with van der Waals surface area (Å²) in [6.45, 7) is 10.7. The molecule has 0 fully saturated rings. The van der Waals surface area contributed by atoms with Gasteiger partial charge in [-0.2, -0.15) is 5.26 Å². The molecule has 0 amide bonds. The molecule has 1 aliphatic carbocycles. The number of benzene rings is 1. The Morgan fingerprint density at radius 1 is 1.29 bits per heavy atom. The van der Waals surface area contributed by atoms with Crippen LogP contribution in [0.2, 0.25) is 0 Å². The first-order valence-electron chi connectivity index (χ1n) is 9.53. The van der Waals surface area contributed by atoms with Gasteiger partial charge in [-0.25, -0.2) is 0 Å². The van der Waals surface area contributed by atoms with Gasteiger partial charge in [-0.1, -0.05) is 19.9 Å². The Balaban J connectivity index is 2.30. The summed E-state index contributed by atoms with van der Waals surface area (Å²) in [5.74, 6) is 0.248. The molecule has 28 heavy (non-hydrogen) atoms. The van der Waals surface area contributed by atoms with Crippen LogP contribution in [0.25, 0.3) is 0 Å². The number of nitrogens with two attached hydrogens (primary N) is 1. The van der Waals surface area contributed by atoms with Crippen LogP contribution in [0.1, 0.15) is 60.4 Å². The van der Waals surface area contributed by atoms with Gasteiger partial charge in [-0.3, -0.25) is 4.79 Å². The van der Waals surface area contributed by atoms with Gasteiger partial charge in [0.15, 0.2) is 5.78 Å². The monoisotopic (exact) mass is 380 g/mol. The number of methoxy groups -OCH3 is 1. The van der Waals surface area contributed by atoms with Gasteiger partial charge >= 0.3 is 0 Å². The minimum absolute atomic E-state index is 0.0316. The zero-order chi connectivity index (χ0) is 20.8. The minimum atomic E-state index is -0.492. The zero-order valence-corrected chi connectivity index (χ0v) is 17.5. The Morgan fingerprint density at radius 3 is 2.57 bits per heavy atom. The second-order valence-electron chi connectivity index (χ2n) is 8.66. The third kappa shape index (κ3) is 3.22. The number of carbonyl (C=O) groups is 1. The molecule has 1 aliphatic heterocycles. The van der Waals surface area contributed by atoms with E-state index in [-0.39, 0.29) is 17.1 Å². The Labute approximate surface area is 166 Å². The van der Waals surface area contributed by atoms with Crippen LogP contribution in [-0.4, -0.2) is 12.9 Å². The van der Waals surface area contributed by atoms with Gasteiger partial charge in [0, 0.05) is 25.5 Å². The topological polar surface area (TPSA) is 85.3 Å². The lowest BCUT2D eigenvalue weighted by Crippen LogP contribution is -2.34. The average molecular weight is 380 g/mol. The highest BCUT2D eigenvalue weighted by atomic mass is 16.5. The molecule has 5 heteroatoms. The molecule has 1 aromatic carbocycles. The Morgan fingerprint density at radius 2 is 1.96 bits per heavy atom. The Kier molecular flexibility index (Phi) is 5.12. The van der Waals surface area contributed by atoms with Crippen molar-refractivity contribution in [1.82, 2.24) is 0 Å². The summed E-state index contributed by atoms with van der Waals surface area (Å²) in [6, 6.07) is 4.30. The second kappa shape index (κ2) is 7.10. The SMILES string of the molecule is COCc1c(C)cc(C)c([C@@H]2C(C#N)=C(N)OC3=C2C(=O)CC(C)(C)C3)c1C. The second-order valence-corrected chi connectivity index (χ2v) is 8.66. The van der Waals surface area contributed by atoms with Gasteiger partial charge in [0.2, 0.25) is 5.88 Å².